The van der Waals surface area contributed by atoms with E-state index >= 15 is 0 Å². The van der Waals surface area contributed by atoms with E-state index in [4.69, 9.17) is 5.11 Å². The number of rotatable bonds is 2. The molecule has 0 bridgehead atoms. The first-order chi connectivity index (χ1) is 6.79. The zero-order valence-electron chi connectivity index (χ0n) is 7.90. The lowest BCUT2D eigenvalue weighted by Crippen LogP contribution is -1.76. The van der Waals surface area contributed by atoms with Crippen LogP contribution in [0.4, 0.5) is 0 Å². The third-order valence-corrected chi connectivity index (χ3v) is 3.01. The quantitative estimate of drug-likeness (QED) is 0.817. The summed E-state index contributed by atoms with van der Waals surface area (Å²) in [4.78, 5) is 5.16. The van der Waals surface area contributed by atoms with Crippen molar-refractivity contribution >= 4 is 11.3 Å². The molecule has 2 aromatic rings. The van der Waals surface area contributed by atoms with Crippen LogP contribution in [0.2, 0.25) is 0 Å². The van der Waals surface area contributed by atoms with Gasteiger partial charge in [0.15, 0.2) is 0 Å². The van der Waals surface area contributed by atoms with Gasteiger partial charge in [0.1, 0.15) is 5.01 Å². The fourth-order valence-electron chi connectivity index (χ4n) is 1.29. The Morgan fingerprint density at radius 1 is 1.43 bits per heavy atom. The molecule has 2 rings (SSSR count). The van der Waals surface area contributed by atoms with Crippen LogP contribution in [0.5, 0.6) is 0 Å². The van der Waals surface area contributed by atoms with Crippen molar-refractivity contribution in [2.24, 2.45) is 0 Å². The Bertz CT molecular complexity index is 436. The normalized spacial score (nSPS) is 10.4. The lowest BCUT2D eigenvalue weighted by molar-refractivity contribution is 0.285. The molecule has 72 valence electrons. The van der Waals surface area contributed by atoms with Gasteiger partial charge in [0, 0.05) is 11.8 Å². The van der Waals surface area contributed by atoms with Gasteiger partial charge < -0.3 is 5.11 Å². The van der Waals surface area contributed by atoms with E-state index in [1.165, 1.54) is 16.9 Å². The molecule has 0 aliphatic heterocycles. The third-order valence-electron chi connectivity index (χ3n) is 1.97. The van der Waals surface area contributed by atoms with Crippen molar-refractivity contribution in [2.45, 2.75) is 13.5 Å². The van der Waals surface area contributed by atoms with Gasteiger partial charge in [0.05, 0.1) is 11.5 Å². The van der Waals surface area contributed by atoms with E-state index in [0.717, 1.165) is 15.4 Å². The average Bonchev–Trinajstić information content (AvgIpc) is 2.66. The van der Waals surface area contributed by atoms with Gasteiger partial charge in [-0.3, -0.25) is 0 Å². The van der Waals surface area contributed by atoms with Crippen molar-refractivity contribution in [3.05, 3.63) is 40.9 Å². The van der Waals surface area contributed by atoms with E-state index in [1.54, 1.807) is 6.20 Å². The van der Waals surface area contributed by atoms with Crippen LogP contribution in [-0.4, -0.2) is 10.1 Å². The number of aliphatic hydroxyl groups excluding tert-OH is 1. The number of benzene rings is 1. The molecule has 0 radical (unpaired) electrons. The molecule has 0 spiro atoms. The van der Waals surface area contributed by atoms with Gasteiger partial charge in [-0.2, -0.15) is 0 Å². The smallest absolute Gasteiger partial charge is 0.123 e. The molecular formula is C11H11NOS. The van der Waals surface area contributed by atoms with Crippen molar-refractivity contribution in [1.29, 1.82) is 0 Å². The zero-order valence-corrected chi connectivity index (χ0v) is 8.71. The second kappa shape index (κ2) is 3.90. The van der Waals surface area contributed by atoms with Crippen molar-refractivity contribution in [2.75, 3.05) is 0 Å². The highest BCUT2D eigenvalue weighted by Gasteiger charge is 2.03. The van der Waals surface area contributed by atoms with Gasteiger partial charge in [0.2, 0.25) is 0 Å². The standard InChI is InChI=1S/C11H11NOS/c1-8-3-2-4-9(5-8)11-12-6-10(7-13)14-11/h2-6,13H,7H2,1H3. The van der Waals surface area contributed by atoms with Crippen LogP contribution < -0.4 is 0 Å². The molecule has 0 unspecified atom stereocenters. The number of nitrogens with zero attached hydrogens (tertiary/aromatic N) is 1. The first-order valence-electron chi connectivity index (χ1n) is 4.42. The van der Waals surface area contributed by atoms with Crippen molar-refractivity contribution in [3.63, 3.8) is 0 Å². The second-order valence-electron chi connectivity index (χ2n) is 3.16. The molecule has 0 aliphatic carbocycles. The Labute approximate surface area is 86.9 Å². The number of aromatic nitrogens is 1. The van der Waals surface area contributed by atoms with E-state index in [9.17, 15) is 0 Å². The van der Waals surface area contributed by atoms with Gasteiger partial charge in [-0.05, 0) is 13.0 Å². The number of hydrogen-bond acceptors (Lipinski definition) is 3. The van der Waals surface area contributed by atoms with Crippen LogP contribution in [0.1, 0.15) is 10.4 Å². The fourth-order valence-corrected chi connectivity index (χ4v) is 2.06. The van der Waals surface area contributed by atoms with E-state index < -0.39 is 0 Å². The van der Waals surface area contributed by atoms with Gasteiger partial charge in [-0.1, -0.05) is 23.8 Å². The molecule has 3 heteroatoms. The summed E-state index contributed by atoms with van der Waals surface area (Å²) in [6.45, 7) is 2.13. The topological polar surface area (TPSA) is 33.1 Å². The minimum atomic E-state index is 0.0729. The van der Waals surface area contributed by atoms with Crippen LogP contribution in [0, 0.1) is 6.92 Å². The van der Waals surface area contributed by atoms with E-state index in [0.29, 0.717) is 0 Å². The lowest BCUT2D eigenvalue weighted by Gasteiger charge is -1.96. The average molecular weight is 205 g/mol. The highest BCUT2D eigenvalue weighted by atomic mass is 32.1. The number of thiazole rings is 1. The molecule has 1 aromatic heterocycles. The van der Waals surface area contributed by atoms with E-state index in [-0.39, 0.29) is 6.61 Å². The Morgan fingerprint density at radius 2 is 2.29 bits per heavy atom. The van der Waals surface area contributed by atoms with Gasteiger partial charge >= 0.3 is 0 Å². The van der Waals surface area contributed by atoms with Gasteiger partial charge in [-0.25, -0.2) is 4.98 Å². The first-order valence-corrected chi connectivity index (χ1v) is 5.24. The highest BCUT2D eigenvalue weighted by molar-refractivity contribution is 7.15. The minimum Gasteiger partial charge on any atom is -0.391 e. The first kappa shape index (κ1) is 9.37. The van der Waals surface area contributed by atoms with Crippen LogP contribution in [-0.2, 0) is 6.61 Å². The van der Waals surface area contributed by atoms with Crippen molar-refractivity contribution in [1.82, 2.24) is 4.98 Å². The van der Waals surface area contributed by atoms with Crippen molar-refractivity contribution in [3.8, 4) is 10.6 Å². The number of aryl methyl sites for hydroxylation is 1. The highest BCUT2D eigenvalue weighted by Crippen LogP contribution is 2.25. The van der Waals surface area contributed by atoms with E-state index in [1.807, 2.05) is 12.1 Å². The maximum absolute atomic E-state index is 8.92. The van der Waals surface area contributed by atoms with Crippen molar-refractivity contribution < 1.29 is 5.11 Å². The molecule has 2 nitrogen and oxygen atoms in total. The van der Waals surface area contributed by atoms with Crippen LogP contribution >= 0.6 is 11.3 Å². The number of aliphatic hydroxyl groups is 1. The Hall–Kier alpha value is -1.19. The van der Waals surface area contributed by atoms with E-state index in [2.05, 4.69) is 24.0 Å². The predicted octanol–water partition coefficient (Wildman–Crippen LogP) is 2.61. The summed E-state index contributed by atoms with van der Waals surface area (Å²) in [6.07, 6.45) is 1.72. The molecule has 0 saturated heterocycles. The maximum atomic E-state index is 8.92. The summed E-state index contributed by atoms with van der Waals surface area (Å²) < 4.78 is 0. The monoisotopic (exact) mass is 205 g/mol. The third kappa shape index (κ3) is 1.84. The largest absolute Gasteiger partial charge is 0.391 e. The molecular weight excluding hydrogens is 194 g/mol. The Balaban J connectivity index is 2.39. The maximum Gasteiger partial charge on any atom is 0.123 e. The molecule has 1 N–H and O–H groups in total. The molecule has 1 heterocycles. The zero-order chi connectivity index (χ0) is 9.97. The molecule has 0 amide bonds. The number of hydrogen-bond donors (Lipinski definition) is 1. The van der Waals surface area contributed by atoms with Crippen LogP contribution in [0.25, 0.3) is 10.6 Å². The van der Waals surface area contributed by atoms with Crippen LogP contribution in [0.3, 0.4) is 0 Å². The SMILES string of the molecule is Cc1cccc(-c2ncc(CO)s2)c1. The summed E-state index contributed by atoms with van der Waals surface area (Å²) >= 11 is 1.53. The molecule has 0 atom stereocenters. The Kier molecular flexibility index (Phi) is 2.61. The molecule has 1 aromatic carbocycles. The summed E-state index contributed by atoms with van der Waals surface area (Å²) in [5.41, 5.74) is 2.35. The van der Waals surface area contributed by atoms with Gasteiger partial charge in [0.25, 0.3) is 0 Å². The van der Waals surface area contributed by atoms with Crippen LogP contribution in [0.15, 0.2) is 30.5 Å². The molecule has 0 saturated carbocycles. The molecule has 14 heavy (non-hydrogen) atoms. The predicted molar refractivity (Wildman–Crippen MR) is 58.2 cm³/mol. The molecule has 0 aliphatic rings. The second-order valence-corrected chi connectivity index (χ2v) is 4.27. The summed E-state index contributed by atoms with van der Waals surface area (Å²) in [6, 6.07) is 8.21. The summed E-state index contributed by atoms with van der Waals surface area (Å²) in [5, 5.41) is 9.89. The summed E-state index contributed by atoms with van der Waals surface area (Å²) in [5.74, 6) is 0. The minimum absolute atomic E-state index is 0.0729. The molecule has 0 fully saturated rings. The fraction of sp³-hybridized carbons (Fsp3) is 0.182. The lowest BCUT2D eigenvalue weighted by atomic mass is 10.1. The summed E-state index contributed by atoms with van der Waals surface area (Å²) in [7, 11) is 0. The van der Waals surface area contributed by atoms with Gasteiger partial charge in [-0.15, -0.1) is 11.3 Å². The Morgan fingerprint density at radius 3 is 2.93 bits per heavy atom.